The van der Waals surface area contributed by atoms with E-state index < -0.39 is 5.97 Å². The number of carbonyl (C=O) groups is 4. The molecule has 6 heterocycles. The van der Waals surface area contributed by atoms with Gasteiger partial charge in [0.05, 0.1) is 12.7 Å². The zero-order valence-electron chi connectivity index (χ0n) is 47.3. The lowest BCUT2D eigenvalue weighted by Crippen LogP contribution is -2.28. The molecule has 24 nitrogen and oxygen atoms in total. The number of imidazole rings is 2. The minimum atomic E-state index is -0.422. The van der Waals surface area contributed by atoms with Gasteiger partial charge in [-0.2, -0.15) is 30.7 Å². The molecule has 0 radical (unpaired) electrons. The van der Waals surface area contributed by atoms with Gasteiger partial charge in [-0.3, -0.25) is 23.7 Å². The average molecular weight is 1170 g/mol. The summed E-state index contributed by atoms with van der Waals surface area (Å²) in [7, 11) is 0. The van der Waals surface area contributed by atoms with Crippen LogP contribution >= 0.6 is 12.4 Å². The summed E-state index contributed by atoms with van der Waals surface area (Å²) >= 11 is 0. The quantitative estimate of drug-likeness (QED) is 0.0154. The molecule has 0 spiro atoms. The molecule has 2 amide bonds. The number of H-pyrrole nitrogens is 1. The van der Waals surface area contributed by atoms with Gasteiger partial charge in [-0.15, -0.1) is 12.4 Å². The summed E-state index contributed by atoms with van der Waals surface area (Å²) in [4.78, 5) is 91.1. The van der Waals surface area contributed by atoms with Crippen LogP contribution in [0.4, 0.5) is 34.9 Å². The lowest BCUT2D eigenvalue weighted by molar-refractivity contribution is -0.144. The topological polar surface area (TPSA) is 333 Å². The summed E-state index contributed by atoms with van der Waals surface area (Å²) in [5, 5.41) is 19.7. The summed E-state index contributed by atoms with van der Waals surface area (Å²) in [6.45, 7) is 2.55. The van der Waals surface area contributed by atoms with Crippen molar-refractivity contribution in [2.45, 2.75) is 179 Å². The van der Waals surface area contributed by atoms with Gasteiger partial charge in [0.2, 0.25) is 11.9 Å². The maximum atomic E-state index is 12.7. The van der Waals surface area contributed by atoms with Crippen molar-refractivity contribution in [1.29, 1.82) is 5.59 Å². The zero-order valence-corrected chi connectivity index (χ0v) is 48.1. The summed E-state index contributed by atoms with van der Waals surface area (Å²) in [6, 6.07) is 15.3. The molecule has 4 aromatic heterocycles. The number of fused-ring (bicyclic) bond motifs is 2. The molecule has 2 atom stereocenters. The van der Waals surface area contributed by atoms with E-state index in [2.05, 4.69) is 62.3 Å². The van der Waals surface area contributed by atoms with Crippen LogP contribution in [0.1, 0.15) is 181 Å². The molecule has 25 heteroatoms. The molecule has 2 aliphatic heterocycles. The number of aromatic amines is 1. The van der Waals surface area contributed by atoms with E-state index in [1.165, 1.54) is 38.5 Å². The number of nitrogens with two attached hydrogens (primary N) is 1. The Morgan fingerprint density at radius 2 is 1.16 bits per heavy atom. The molecule has 2 unspecified atom stereocenters. The SMILES string of the molecule is Cl.N=O.NOC(=O)CCCCCNC(=O)c1ccc(Nc2nc(NC3CCCCC3)c3[nH]cnc3n2)cc1.O=C(NCCCCCC(=O)C1CCCCO1)c1ccc(Nc2nc(NC3CCCCC3)c3ncn(C4CCCCO4)c3n2)cc1. The summed E-state index contributed by atoms with van der Waals surface area (Å²) < 4.78 is 13.7. The van der Waals surface area contributed by atoms with Crippen LogP contribution in [0.3, 0.4) is 0 Å². The number of Topliss-reactive ketones (excluding diaryl/α,β-unsaturated/α-hetero) is 1. The molecule has 10 rings (SSSR count). The van der Waals surface area contributed by atoms with E-state index in [0.717, 1.165) is 143 Å². The Kier molecular flexibility index (Phi) is 25.6. The molecule has 6 aromatic rings. The minimum Gasteiger partial charge on any atom is -0.373 e. The molecule has 2 aliphatic carbocycles. The fourth-order valence-electron chi connectivity index (χ4n) is 10.8. The summed E-state index contributed by atoms with van der Waals surface area (Å²) in [5.74, 6) is 6.76. The number of rotatable bonds is 24. The highest BCUT2D eigenvalue weighted by atomic mass is 35.5. The number of nitrogens with one attached hydrogen (secondary N) is 8. The molecule has 2 saturated carbocycles. The first kappa shape index (κ1) is 63.2. The Morgan fingerprint density at radius 1 is 0.614 bits per heavy atom. The van der Waals surface area contributed by atoms with Crippen molar-refractivity contribution in [3.8, 4) is 0 Å². The van der Waals surface area contributed by atoms with Crippen molar-refractivity contribution >= 4 is 93.2 Å². The Balaban J connectivity index is 0.000000236. The number of ether oxygens (including phenoxy) is 2. The van der Waals surface area contributed by atoms with Crippen molar-refractivity contribution in [1.82, 2.24) is 50.1 Å². The van der Waals surface area contributed by atoms with E-state index in [1.54, 1.807) is 30.6 Å². The Labute approximate surface area is 489 Å². The number of aromatic nitrogens is 8. The Bertz CT molecular complexity index is 2960. The predicted molar refractivity (Wildman–Crippen MR) is 320 cm³/mol. The first-order valence-electron chi connectivity index (χ1n) is 29.4. The highest BCUT2D eigenvalue weighted by Gasteiger charge is 2.25. The lowest BCUT2D eigenvalue weighted by atomic mass is 9.95. The van der Waals surface area contributed by atoms with E-state index in [0.29, 0.717) is 73.3 Å². The fraction of sp³-hybridized carbons (Fsp3) is 0.552. The van der Waals surface area contributed by atoms with Crippen molar-refractivity contribution in [3.05, 3.63) is 77.2 Å². The second kappa shape index (κ2) is 33.6. The third kappa shape index (κ3) is 19.1. The highest BCUT2D eigenvalue weighted by molar-refractivity contribution is 5.95. The van der Waals surface area contributed by atoms with Crippen LogP contribution in [0.2, 0.25) is 0 Å². The van der Waals surface area contributed by atoms with Gasteiger partial charge in [0.25, 0.3) is 11.8 Å². The second-order valence-electron chi connectivity index (χ2n) is 21.3. The van der Waals surface area contributed by atoms with Crippen LogP contribution in [0.5, 0.6) is 0 Å². The van der Waals surface area contributed by atoms with Gasteiger partial charge in [0.15, 0.2) is 34.2 Å². The van der Waals surface area contributed by atoms with Gasteiger partial charge in [-0.25, -0.2) is 9.97 Å². The molecule has 4 fully saturated rings. The van der Waals surface area contributed by atoms with Crippen molar-refractivity contribution in [3.63, 3.8) is 0 Å². The number of nitroso groups, excluding NO2 is 1. The van der Waals surface area contributed by atoms with Crippen LogP contribution in [-0.2, 0) is 23.9 Å². The molecule has 10 N–H and O–H groups in total. The largest absolute Gasteiger partial charge is 0.373 e. The van der Waals surface area contributed by atoms with Crippen LogP contribution in [0, 0.1) is 10.5 Å². The van der Waals surface area contributed by atoms with Crippen molar-refractivity contribution < 1.29 is 33.5 Å². The second-order valence-corrected chi connectivity index (χ2v) is 21.3. The number of carbonyl (C=O) groups excluding carboxylic acids is 4. The number of benzene rings is 2. The van der Waals surface area contributed by atoms with Crippen molar-refractivity contribution in [2.24, 2.45) is 5.90 Å². The number of ketones is 1. The Hall–Kier alpha value is -7.41. The van der Waals surface area contributed by atoms with E-state index in [9.17, 15) is 19.2 Å². The van der Waals surface area contributed by atoms with Gasteiger partial charge in [-0.1, -0.05) is 57.0 Å². The van der Waals surface area contributed by atoms with E-state index in [-0.39, 0.29) is 48.8 Å². The minimum absolute atomic E-state index is 0. The number of hydrogen-bond donors (Lipinski definition) is 9. The van der Waals surface area contributed by atoms with E-state index in [4.69, 9.17) is 35.2 Å². The lowest BCUT2D eigenvalue weighted by Gasteiger charge is -2.25. The number of unbranched alkanes of at least 4 members (excludes halogenated alkanes) is 4. The number of amides is 2. The van der Waals surface area contributed by atoms with Crippen LogP contribution in [0.25, 0.3) is 22.3 Å². The number of anilines is 6. The number of hydrogen-bond acceptors (Lipinski definition) is 20. The van der Waals surface area contributed by atoms with E-state index >= 15 is 0 Å². The maximum absolute atomic E-state index is 12.7. The zero-order chi connectivity index (χ0) is 57.3. The highest BCUT2D eigenvalue weighted by Crippen LogP contribution is 2.32. The van der Waals surface area contributed by atoms with Crippen molar-refractivity contribution in [2.75, 3.05) is 47.6 Å². The average Bonchev–Trinajstić information content (AvgIpc) is 3.37. The van der Waals surface area contributed by atoms with Crippen LogP contribution in [0.15, 0.2) is 61.2 Å². The molecule has 4 aliphatic rings. The predicted octanol–water partition coefficient (Wildman–Crippen LogP) is 10.7. The molecular weight excluding hydrogens is 1080 g/mol. The number of halogens is 1. The van der Waals surface area contributed by atoms with Gasteiger partial charge in [0.1, 0.15) is 17.8 Å². The third-order valence-electron chi connectivity index (χ3n) is 15.3. The Morgan fingerprint density at radius 3 is 1.72 bits per heavy atom. The third-order valence-corrected chi connectivity index (χ3v) is 15.3. The first-order valence-corrected chi connectivity index (χ1v) is 29.4. The molecule has 2 saturated heterocycles. The molecular formula is C58H81ClN16O8. The first-order chi connectivity index (χ1) is 40.3. The fourth-order valence-corrected chi connectivity index (χ4v) is 10.8. The van der Waals surface area contributed by atoms with Crippen LogP contribution in [-0.4, -0.2) is 108 Å². The number of nitrogens with zero attached hydrogens (tertiary/aromatic N) is 7. The monoisotopic (exact) mass is 1160 g/mol. The molecule has 83 heavy (non-hydrogen) atoms. The summed E-state index contributed by atoms with van der Waals surface area (Å²) in [6.07, 6.45) is 26.9. The molecule has 2 aromatic carbocycles. The standard InChI is InChI=1S/C34H47N7O4.C24H32N8O3.ClH.HNO/c42-27(28-14-6-9-21-44-28)13-5-2-8-20-35-33(43)24-16-18-26(19-17-24)38-34-39-31(37-25-11-3-1-4-12-25)30-32(40-34)41(23-36-30)29-15-7-10-22-45-29;25-35-19(33)9-5-2-6-14-26-23(34)16-10-12-18(13-11-16)30-24-31-21-20(27-15-28-21)22(32-24)29-17-7-3-1-4-8-17;;1-2/h16-19,23,25,28-29H,1-15,20-22H2,(H,35,43)(H2,37,38,39,40);10-13,15,17H,1-9,14,25H2,(H,26,34)(H3,27,28,29,30,31,32);1H;1H. The van der Waals surface area contributed by atoms with Crippen LogP contribution < -0.4 is 37.8 Å². The van der Waals surface area contributed by atoms with Gasteiger partial charge in [-0.05, 0) is 138 Å². The van der Waals surface area contributed by atoms with E-state index in [1.807, 2.05) is 35.2 Å². The van der Waals surface area contributed by atoms with Gasteiger partial charge < -0.3 is 51.2 Å². The van der Waals surface area contributed by atoms with Gasteiger partial charge >= 0.3 is 5.97 Å². The molecule has 448 valence electrons. The van der Waals surface area contributed by atoms with Gasteiger partial charge in [0, 0.05) is 73.7 Å². The normalized spacial score (nSPS) is 17.3. The summed E-state index contributed by atoms with van der Waals surface area (Å²) in [5.41, 5.74) is 10.1. The maximum Gasteiger partial charge on any atom is 0.324 e. The molecule has 0 bridgehead atoms. The smallest absolute Gasteiger partial charge is 0.324 e.